The normalized spacial score (nSPS) is 17.1. The molecule has 2 amide bonds. The van der Waals surface area contributed by atoms with Crippen molar-refractivity contribution in [2.45, 2.75) is 6.04 Å². The lowest BCUT2D eigenvalue weighted by Gasteiger charge is -2.48. The molecule has 8 nitrogen and oxygen atoms in total. The molecule has 0 saturated carbocycles. The van der Waals surface area contributed by atoms with Crippen molar-refractivity contribution in [2.24, 2.45) is 0 Å². The third kappa shape index (κ3) is 4.35. The van der Waals surface area contributed by atoms with E-state index in [2.05, 4.69) is 14.9 Å². The van der Waals surface area contributed by atoms with Gasteiger partial charge in [0, 0.05) is 68.6 Å². The lowest BCUT2D eigenvalue weighted by Crippen LogP contribution is -2.64. The van der Waals surface area contributed by atoms with E-state index in [1.54, 1.807) is 42.9 Å². The molecule has 2 aromatic heterocycles. The Morgan fingerprint density at radius 3 is 2.34 bits per heavy atom. The van der Waals surface area contributed by atoms with Gasteiger partial charge in [0.1, 0.15) is 11.5 Å². The fourth-order valence-corrected chi connectivity index (χ4v) is 4.60. The molecule has 0 spiro atoms. The molecule has 164 valence electrons. The molecular weight excluding hydrogens is 426 g/mol. The Labute approximate surface area is 190 Å². The SMILES string of the molecule is O=C(c1ccc(Oc2cccnc2)cc1)N1CC(N2CCN(C(=O)c3nccs3)CC2)C1. The fraction of sp³-hybridized carbons (Fsp3) is 0.304. The summed E-state index contributed by atoms with van der Waals surface area (Å²) < 4.78 is 5.73. The number of likely N-dealkylation sites (tertiary alicyclic amines) is 1. The number of hydrogen-bond donors (Lipinski definition) is 0. The minimum atomic E-state index is 0.0148. The van der Waals surface area contributed by atoms with E-state index in [1.165, 1.54) is 11.3 Å². The van der Waals surface area contributed by atoms with Crippen molar-refractivity contribution >= 4 is 23.2 Å². The summed E-state index contributed by atoms with van der Waals surface area (Å²) in [6, 6.07) is 11.2. The summed E-state index contributed by atoms with van der Waals surface area (Å²) in [6.45, 7) is 4.47. The molecule has 0 atom stereocenters. The number of pyridine rings is 1. The average molecular weight is 450 g/mol. The summed E-state index contributed by atoms with van der Waals surface area (Å²) in [7, 11) is 0. The number of carbonyl (C=O) groups excluding carboxylic acids is 2. The topological polar surface area (TPSA) is 78.9 Å². The number of benzene rings is 1. The minimum absolute atomic E-state index is 0.0148. The molecule has 2 aliphatic rings. The van der Waals surface area contributed by atoms with Crippen molar-refractivity contribution in [3.63, 3.8) is 0 Å². The molecule has 0 aliphatic carbocycles. The zero-order valence-electron chi connectivity index (χ0n) is 17.5. The Hall–Kier alpha value is -3.30. The van der Waals surface area contributed by atoms with E-state index >= 15 is 0 Å². The first-order chi connectivity index (χ1) is 15.7. The summed E-state index contributed by atoms with van der Waals surface area (Å²) in [5, 5.41) is 2.38. The highest BCUT2D eigenvalue weighted by atomic mass is 32.1. The molecule has 9 heteroatoms. The summed E-state index contributed by atoms with van der Waals surface area (Å²) in [4.78, 5) is 39.5. The number of rotatable bonds is 5. The van der Waals surface area contributed by atoms with E-state index in [0.29, 0.717) is 54.3 Å². The predicted molar refractivity (Wildman–Crippen MR) is 120 cm³/mol. The first-order valence-corrected chi connectivity index (χ1v) is 11.5. The van der Waals surface area contributed by atoms with Crippen LogP contribution in [0.4, 0.5) is 0 Å². The maximum absolute atomic E-state index is 12.8. The second-order valence-corrected chi connectivity index (χ2v) is 8.74. The Balaban J connectivity index is 1.09. The van der Waals surface area contributed by atoms with Gasteiger partial charge in [0.05, 0.1) is 6.20 Å². The monoisotopic (exact) mass is 449 g/mol. The zero-order chi connectivity index (χ0) is 21.9. The van der Waals surface area contributed by atoms with Crippen LogP contribution in [0.5, 0.6) is 11.5 Å². The summed E-state index contributed by atoms with van der Waals surface area (Å²) in [6.07, 6.45) is 5.00. The van der Waals surface area contributed by atoms with Gasteiger partial charge >= 0.3 is 0 Å². The standard InChI is InChI=1S/C23H23N5O3S/c29-22(17-3-5-19(6-4-17)31-20-2-1-7-24-14-20)28-15-18(16-28)26-9-11-27(12-10-26)23(30)21-25-8-13-32-21/h1-8,13-14,18H,9-12,15-16H2. The van der Waals surface area contributed by atoms with Crippen molar-refractivity contribution in [1.29, 1.82) is 0 Å². The van der Waals surface area contributed by atoms with Crippen molar-refractivity contribution in [3.05, 3.63) is 70.9 Å². The van der Waals surface area contributed by atoms with Crippen LogP contribution in [0, 0.1) is 0 Å². The fourth-order valence-electron chi connectivity index (χ4n) is 4.00. The zero-order valence-corrected chi connectivity index (χ0v) is 18.3. The van der Waals surface area contributed by atoms with Crippen LogP contribution in [-0.4, -0.2) is 81.8 Å². The van der Waals surface area contributed by atoms with E-state index in [-0.39, 0.29) is 11.8 Å². The largest absolute Gasteiger partial charge is 0.456 e. The van der Waals surface area contributed by atoms with Crippen LogP contribution in [0.2, 0.25) is 0 Å². The van der Waals surface area contributed by atoms with Crippen molar-refractivity contribution < 1.29 is 14.3 Å². The van der Waals surface area contributed by atoms with Gasteiger partial charge in [-0.25, -0.2) is 4.98 Å². The first-order valence-electron chi connectivity index (χ1n) is 10.6. The molecule has 0 unspecified atom stereocenters. The van der Waals surface area contributed by atoms with Crippen molar-refractivity contribution in [3.8, 4) is 11.5 Å². The lowest BCUT2D eigenvalue weighted by atomic mass is 10.0. The van der Waals surface area contributed by atoms with E-state index in [1.807, 2.05) is 27.3 Å². The number of amides is 2. The molecular formula is C23H23N5O3S. The maximum Gasteiger partial charge on any atom is 0.282 e. The number of thiazole rings is 1. The van der Waals surface area contributed by atoms with Crippen LogP contribution < -0.4 is 4.74 Å². The summed E-state index contributed by atoms with van der Waals surface area (Å²) >= 11 is 1.38. The molecule has 2 saturated heterocycles. The van der Waals surface area contributed by atoms with Gasteiger partial charge in [-0.2, -0.15) is 0 Å². The molecule has 4 heterocycles. The summed E-state index contributed by atoms with van der Waals surface area (Å²) in [5.74, 6) is 1.37. The number of aromatic nitrogens is 2. The van der Waals surface area contributed by atoms with E-state index in [0.717, 1.165) is 13.1 Å². The van der Waals surface area contributed by atoms with Crippen LogP contribution in [-0.2, 0) is 0 Å². The molecule has 2 fully saturated rings. The second kappa shape index (κ2) is 9.05. The van der Waals surface area contributed by atoms with Gasteiger partial charge < -0.3 is 14.5 Å². The Morgan fingerprint density at radius 1 is 0.906 bits per heavy atom. The number of piperazine rings is 1. The average Bonchev–Trinajstić information content (AvgIpc) is 3.34. The highest BCUT2D eigenvalue weighted by molar-refractivity contribution is 7.11. The Bertz CT molecular complexity index is 1060. The quantitative estimate of drug-likeness (QED) is 0.596. The highest BCUT2D eigenvalue weighted by Gasteiger charge is 2.37. The third-order valence-electron chi connectivity index (χ3n) is 5.85. The van der Waals surface area contributed by atoms with Gasteiger partial charge in [-0.05, 0) is 36.4 Å². The van der Waals surface area contributed by atoms with E-state index in [9.17, 15) is 9.59 Å². The van der Waals surface area contributed by atoms with Gasteiger partial charge in [0.25, 0.3) is 11.8 Å². The van der Waals surface area contributed by atoms with Gasteiger partial charge in [0.15, 0.2) is 5.01 Å². The van der Waals surface area contributed by atoms with Gasteiger partial charge in [-0.1, -0.05) is 0 Å². The van der Waals surface area contributed by atoms with Crippen LogP contribution in [0.15, 0.2) is 60.4 Å². The Morgan fingerprint density at radius 2 is 1.69 bits per heavy atom. The predicted octanol–water partition coefficient (Wildman–Crippen LogP) is 2.61. The molecule has 3 aromatic rings. The number of hydrogen-bond acceptors (Lipinski definition) is 7. The van der Waals surface area contributed by atoms with E-state index in [4.69, 9.17) is 4.74 Å². The number of nitrogens with zero attached hydrogens (tertiary/aromatic N) is 5. The van der Waals surface area contributed by atoms with Crippen molar-refractivity contribution in [1.82, 2.24) is 24.7 Å². The molecule has 2 aliphatic heterocycles. The van der Waals surface area contributed by atoms with Crippen LogP contribution in [0.1, 0.15) is 20.2 Å². The number of ether oxygens (including phenoxy) is 1. The molecule has 0 radical (unpaired) electrons. The van der Waals surface area contributed by atoms with Crippen molar-refractivity contribution in [2.75, 3.05) is 39.3 Å². The lowest BCUT2D eigenvalue weighted by molar-refractivity contribution is 0.00853. The maximum atomic E-state index is 12.8. The second-order valence-electron chi connectivity index (χ2n) is 7.84. The smallest absolute Gasteiger partial charge is 0.282 e. The van der Waals surface area contributed by atoms with Gasteiger partial charge in [0.2, 0.25) is 0 Å². The number of carbonyl (C=O) groups is 2. The first kappa shape index (κ1) is 20.6. The van der Waals surface area contributed by atoms with E-state index < -0.39 is 0 Å². The summed E-state index contributed by atoms with van der Waals surface area (Å²) in [5.41, 5.74) is 0.654. The highest BCUT2D eigenvalue weighted by Crippen LogP contribution is 2.24. The van der Waals surface area contributed by atoms with Crippen LogP contribution in [0.3, 0.4) is 0 Å². The third-order valence-corrected chi connectivity index (χ3v) is 6.62. The minimum Gasteiger partial charge on any atom is -0.456 e. The molecule has 0 N–H and O–H groups in total. The molecule has 1 aromatic carbocycles. The van der Waals surface area contributed by atoms with Gasteiger partial charge in [-0.3, -0.25) is 19.5 Å². The van der Waals surface area contributed by atoms with Crippen LogP contribution in [0.25, 0.3) is 0 Å². The Kier molecular flexibility index (Phi) is 5.83. The van der Waals surface area contributed by atoms with Gasteiger partial charge in [-0.15, -0.1) is 11.3 Å². The molecule has 0 bridgehead atoms. The molecule has 32 heavy (non-hydrogen) atoms. The molecule has 5 rings (SSSR count). The van der Waals surface area contributed by atoms with Crippen LogP contribution >= 0.6 is 11.3 Å².